The molecule has 0 unspecified atom stereocenters. The Morgan fingerprint density at radius 2 is 2.12 bits per heavy atom. The fraction of sp³-hybridized carbons (Fsp3) is 0.278. The first-order valence-electron chi connectivity index (χ1n) is 8.13. The lowest BCUT2D eigenvalue weighted by Crippen LogP contribution is -2.26. The summed E-state index contributed by atoms with van der Waals surface area (Å²) in [6.45, 7) is 0.488. The highest BCUT2D eigenvalue weighted by Crippen LogP contribution is 2.29. The maximum atomic E-state index is 12.1. The molecule has 0 spiro atoms. The van der Waals surface area contributed by atoms with Crippen LogP contribution in [0.3, 0.4) is 0 Å². The van der Waals surface area contributed by atoms with Gasteiger partial charge in [0, 0.05) is 51.0 Å². The van der Waals surface area contributed by atoms with Gasteiger partial charge in [0.05, 0.1) is 6.61 Å². The van der Waals surface area contributed by atoms with Crippen molar-refractivity contribution in [2.24, 2.45) is 0 Å². The van der Waals surface area contributed by atoms with Crippen LogP contribution in [0.5, 0.6) is 5.88 Å². The Labute approximate surface area is 157 Å². The molecule has 3 aromatic rings. The maximum absolute atomic E-state index is 12.1. The lowest BCUT2D eigenvalue weighted by Gasteiger charge is -2.12. The molecule has 1 amide bonds. The van der Waals surface area contributed by atoms with Gasteiger partial charge in [-0.15, -0.1) is 0 Å². The Kier molecular flexibility index (Phi) is 4.32. The molecular weight excluding hydrogens is 433 g/mol. The van der Waals surface area contributed by atoms with E-state index < -0.39 is 0 Å². The van der Waals surface area contributed by atoms with E-state index in [0.29, 0.717) is 24.3 Å². The molecular formula is C18H16IN3O3. The summed E-state index contributed by atoms with van der Waals surface area (Å²) in [5, 5.41) is 6.28. The number of rotatable bonds is 4. The summed E-state index contributed by atoms with van der Waals surface area (Å²) in [6.07, 6.45) is 5.60. The van der Waals surface area contributed by atoms with Crippen molar-refractivity contribution in [2.45, 2.75) is 25.3 Å². The number of nitrogens with zero attached hydrogens (tertiary/aromatic N) is 1. The number of halogens is 1. The molecule has 25 heavy (non-hydrogen) atoms. The van der Waals surface area contributed by atoms with Crippen LogP contribution in [-0.2, 0) is 4.79 Å². The second-order valence-corrected chi connectivity index (χ2v) is 7.30. The van der Waals surface area contributed by atoms with Gasteiger partial charge in [0.15, 0.2) is 0 Å². The molecule has 0 saturated carbocycles. The average molecular weight is 449 g/mol. The fourth-order valence-electron chi connectivity index (χ4n) is 3.17. The van der Waals surface area contributed by atoms with E-state index in [-0.39, 0.29) is 17.5 Å². The van der Waals surface area contributed by atoms with Gasteiger partial charge in [0.25, 0.3) is 5.56 Å². The molecule has 0 radical (unpaired) electrons. The number of hydrogen-bond acceptors (Lipinski definition) is 4. The van der Waals surface area contributed by atoms with Crippen LogP contribution in [0.25, 0.3) is 21.5 Å². The van der Waals surface area contributed by atoms with E-state index in [0.717, 1.165) is 32.6 Å². The minimum absolute atomic E-state index is 0.103. The van der Waals surface area contributed by atoms with Crippen molar-refractivity contribution in [1.29, 1.82) is 0 Å². The van der Waals surface area contributed by atoms with E-state index >= 15 is 0 Å². The van der Waals surface area contributed by atoms with Crippen molar-refractivity contribution < 1.29 is 9.53 Å². The molecule has 128 valence electrons. The van der Waals surface area contributed by atoms with E-state index in [1.165, 1.54) is 0 Å². The maximum Gasteiger partial charge on any atom is 0.255 e. The van der Waals surface area contributed by atoms with Crippen molar-refractivity contribution >= 4 is 50.0 Å². The SMILES string of the molecule is O=C1CC[C@@H](CCOc2nccc3cc4c(=O)[nH]cc(I)c4cc23)N1. The lowest BCUT2D eigenvalue weighted by atomic mass is 10.1. The normalized spacial score (nSPS) is 17.2. The van der Waals surface area contributed by atoms with Crippen LogP contribution in [0.15, 0.2) is 35.4 Å². The Balaban J connectivity index is 1.65. The lowest BCUT2D eigenvalue weighted by molar-refractivity contribution is -0.119. The number of amides is 1. The van der Waals surface area contributed by atoms with Gasteiger partial charge >= 0.3 is 0 Å². The Morgan fingerprint density at radius 3 is 2.92 bits per heavy atom. The summed E-state index contributed by atoms with van der Waals surface area (Å²) in [5.74, 6) is 0.666. The van der Waals surface area contributed by atoms with E-state index in [9.17, 15) is 9.59 Å². The average Bonchev–Trinajstić information content (AvgIpc) is 3.03. The van der Waals surface area contributed by atoms with E-state index in [4.69, 9.17) is 4.74 Å². The second kappa shape index (κ2) is 6.62. The van der Waals surface area contributed by atoms with Gasteiger partial charge in [-0.05, 0) is 52.6 Å². The van der Waals surface area contributed by atoms with Crippen LogP contribution in [0.2, 0.25) is 0 Å². The highest BCUT2D eigenvalue weighted by Gasteiger charge is 2.20. The van der Waals surface area contributed by atoms with Gasteiger partial charge in [-0.2, -0.15) is 0 Å². The Bertz CT molecular complexity index is 1030. The quantitative estimate of drug-likeness (QED) is 0.474. The molecule has 2 N–H and O–H groups in total. The molecule has 1 aromatic carbocycles. The Hall–Kier alpha value is -2.16. The summed E-state index contributed by atoms with van der Waals surface area (Å²) in [5.41, 5.74) is -0.103. The third-order valence-corrected chi connectivity index (χ3v) is 5.38. The van der Waals surface area contributed by atoms with E-state index in [1.807, 2.05) is 18.2 Å². The first kappa shape index (κ1) is 16.3. The van der Waals surface area contributed by atoms with Crippen LogP contribution in [-0.4, -0.2) is 28.5 Å². The minimum atomic E-state index is -0.103. The third-order valence-electron chi connectivity index (χ3n) is 4.49. The first-order valence-corrected chi connectivity index (χ1v) is 9.21. The molecule has 7 heteroatoms. The Morgan fingerprint density at radius 1 is 1.24 bits per heavy atom. The fourth-order valence-corrected chi connectivity index (χ4v) is 3.77. The van der Waals surface area contributed by atoms with Crippen LogP contribution >= 0.6 is 22.6 Å². The molecule has 1 fully saturated rings. The van der Waals surface area contributed by atoms with Crippen molar-refractivity contribution in [3.05, 3.63) is 44.5 Å². The zero-order chi connectivity index (χ0) is 17.4. The van der Waals surface area contributed by atoms with Crippen molar-refractivity contribution in [1.82, 2.24) is 15.3 Å². The van der Waals surface area contributed by atoms with Crippen LogP contribution in [0.4, 0.5) is 0 Å². The summed E-state index contributed by atoms with van der Waals surface area (Å²) >= 11 is 2.20. The number of ether oxygens (including phenoxy) is 1. The number of benzene rings is 1. The molecule has 0 bridgehead atoms. The molecule has 1 aliphatic rings. The largest absolute Gasteiger partial charge is 0.477 e. The van der Waals surface area contributed by atoms with Crippen LogP contribution in [0.1, 0.15) is 19.3 Å². The van der Waals surface area contributed by atoms with Gasteiger partial charge in [0.1, 0.15) is 0 Å². The molecule has 6 nitrogen and oxygen atoms in total. The number of pyridine rings is 2. The second-order valence-electron chi connectivity index (χ2n) is 6.14. The monoisotopic (exact) mass is 449 g/mol. The van der Waals surface area contributed by atoms with Crippen LogP contribution < -0.4 is 15.6 Å². The van der Waals surface area contributed by atoms with Gasteiger partial charge in [-0.3, -0.25) is 9.59 Å². The minimum Gasteiger partial charge on any atom is -0.477 e. The molecule has 1 saturated heterocycles. The molecule has 1 aliphatic heterocycles. The van der Waals surface area contributed by atoms with Gasteiger partial charge in [-0.25, -0.2) is 4.98 Å². The third kappa shape index (κ3) is 3.20. The number of hydrogen-bond donors (Lipinski definition) is 2. The number of carbonyl (C=O) groups excluding carboxylic acids is 1. The number of nitrogens with one attached hydrogen (secondary N) is 2. The predicted molar refractivity (Wildman–Crippen MR) is 104 cm³/mol. The summed E-state index contributed by atoms with van der Waals surface area (Å²) in [7, 11) is 0. The van der Waals surface area contributed by atoms with Gasteiger partial charge in [-0.1, -0.05) is 0 Å². The number of aromatic amines is 1. The van der Waals surface area contributed by atoms with E-state index in [1.54, 1.807) is 12.4 Å². The standard InChI is InChI=1S/C18H16IN3O3/c19-15-9-21-17(24)14-7-10-3-5-20-18(12(10)8-13(14)15)25-6-4-11-1-2-16(23)22-11/h3,5,7-9,11H,1-2,4,6H2,(H,21,24)(H,22,23)/t11-/m0/s1. The van der Waals surface area contributed by atoms with Crippen molar-refractivity contribution in [3.63, 3.8) is 0 Å². The summed E-state index contributed by atoms with van der Waals surface area (Å²) < 4.78 is 6.85. The first-order chi connectivity index (χ1) is 12.1. The highest BCUT2D eigenvalue weighted by atomic mass is 127. The van der Waals surface area contributed by atoms with Gasteiger partial charge < -0.3 is 15.0 Å². The van der Waals surface area contributed by atoms with Gasteiger partial charge in [0.2, 0.25) is 11.8 Å². The van der Waals surface area contributed by atoms with Crippen molar-refractivity contribution in [3.8, 4) is 5.88 Å². The van der Waals surface area contributed by atoms with Crippen LogP contribution in [0, 0.1) is 3.57 Å². The van der Waals surface area contributed by atoms with E-state index in [2.05, 4.69) is 37.9 Å². The molecule has 2 aromatic heterocycles. The molecule has 4 rings (SSSR count). The topological polar surface area (TPSA) is 84.1 Å². The molecule has 3 heterocycles. The summed E-state index contributed by atoms with van der Waals surface area (Å²) in [6, 6.07) is 5.89. The predicted octanol–water partition coefficient (Wildman–Crippen LogP) is 2.73. The number of H-pyrrole nitrogens is 1. The highest BCUT2D eigenvalue weighted by molar-refractivity contribution is 14.1. The zero-order valence-corrected chi connectivity index (χ0v) is 15.5. The zero-order valence-electron chi connectivity index (χ0n) is 13.3. The molecule has 1 atom stereocenters. The summed E-state index contributed by atoms with van der Waals surface area (Å²) in [4.78, 5) is 30.4. The smallest absolute Gasteiger partial charge is 0.255 e. The molecule has 0 aliphatic carbocycles. The van der Waals surface area contributed by atoms with Crippen molar-refractivity contribution in [2.75, 3.05) is 6.61 Å². The number of fused-ring (bicyclic) bond motifs is 2. The number of aromatic nitrogens is 2. The number of carbonyl (C=O) groups is 1.